The van der Waals surface area contributed by atoms with E-state index in [0.29, 0.717) is 12.0 Å². The Morgan fingerprint density at radius 3 is 2.60 bits per heavy atom. The SMILES string of the molecule is CCc1nn(C)cc1C(NC)C(C)CC. The number of rotatable bonds is 5. The molecule has 0 aliphatic carbocycles. The van der Waals surface area contributed by atoms with E-state index in [1.54, 1.807) is 0 Å². The van der Waals surface area contributed by atoms with Crippen molar-refractivity contribution in [2.45, 2.75) is 39.7 Å². The van der Waals surface area contributed by atoms with Gasteiger partial charge >= 0.3 is 0 Å². The molecule has 2 unspecified atom stereocenters. The zero-order valence-corrected chi connectivity index (χ0v) is 10.5. The first-order chi connectivity index (χ1) is 7.13. The van der Waals surface area contributed by atoms with Crippen LogP contribution in [0.2, 0.25) is 0 Å². The lowest BCUT2D eigenvalue weighted by Gasteiger charge is -2.22. The Morgan fingerprint density at radius 2 is 2.13 bits per heavy atom. The van der Waals surface area contributed by atoms with E-state index in [1.807, 2.05) is 18.8 Å². The lowest BCUT2D eigenvalue weighted by Crippen LogP contribution is -2.23. The molecule has 1 heterocycles. The molecule has 0 bridgehead atoms. The summed E-state index contributed by atoms with van der Waals surface area (Å²) in [6.45, 7) is 6.68. The van der Waals surface area contributed by atoms with Gasteiger partial charge in [-0.1, -0.05) is 27.2 Å². The monoisotopic (exact) mass is 209 g/mol. The minimum absolute atomic E-state index is 0.429. The first-order valence-corrected chi connectivity index (χ1v) is 5.83. The van der Waals surface area contributed by atoms with Crippen molar-refractivity contribution in [1.82, 2.24) is 15.1 Å². The highest BCUT2D eigenvalue weighted by molar-refractivity contribution is 5.22. The van der Waals surface area contributed by atoms with Gasteiger partial charge in [0.15, 0.2) is 0 Å². The molecule has 3 nitrogen and oxygen atoms in total. The van der Waals surface area contributed by atoms with Gasteiger partial charge in [0.25, 0.3) is 0 Å². The zero-order valence-electron chi connectivity index (χ0n) is 10.5. The van der Waals surface area contributed by atoms with E-state index in [9.17, 15) is 0 Å². The van der Waals surface area contributed by atoms with Gasteiger partial charge in [0.1, 0.15) is 0 Å². The van der Waals surface area contributed by atoms with Gasteiger partial charge in [0.05, 0.1) is 5.69 Å². The Bertz CT molecular complexity index is 304. The molecule has 1 aromatic heterocycles. The molecule has 1 N–H and O–H groups in total. The van der Waals surface area contributed by atoms with Crippen molar-refractivity contribution in [2.24, 2.45) is 13.0 Å². The quantitative estimate of drug-likeness (QED) is 0.806. The first kappa shape index (κ1) is 12.2. The fourth-order valence-corrected chi connectivity index (χ4v) is 2.07. The molecule has 0 saturated heterocycles. The zero-order chi connectivity index (χ0) is 11.4. The maximum Gasteiger partial charge on any atom is 0.0669 e. The van der Waals surface area contributed by atoms with Crippen molar-refractivity contribution < 1.29 is 0 Å². The van der Waals surface area contributed by atoms with E-state index < -0.39 is 0 Å². The lowest BCUT2D eigenvalue weighted by molar-refractivity contribution is 0.398. The summed E-state index contributed by atoms with van der Waals surface area (Å²) in [6.07, 6.45) is 4.33. The van der Waals surface area contributed by atoms with Crippen LogP contribution in [0.25, 0.3) is 0 Å². The Balaban J connectivity index is 2.99. The van der Waals surface area contributed by atoms with Crippen molar-refractivity contribution in [2.75, 3.05) is 7.05 Å². The highest BCUT2D eigenvalue weighted by Gasteiger charge is 2.20. The molecule has 1 rings (SSSR count). The highest BCUT2D eigenvalue weighted by atomic mass is 15.3. The van der Waals surface area contributed by atoms with Crippen LogP contribution in [0.4, 0.5) is 0 Å². The maximum atomic E-state index is 4.49. The minimum atomic E-state index is 0.429. The Morgan fingerprint density at radius 1 is 1.47 bits per heavy atom. The van der Waals surface area contributed by atoms with Crippen LogP contribution in [0.15, 0.2) is 6.20 Å². The minimum Gasteiger partial charge on any atom is -0.313 e. The standard InChI is InChI=1S/C12H23N3/c1-6-9(3)12(13-4)10-8-15(5)14-11(10)7-2/h8-9,12-13H,6-7H2,1-5H3. The highest BCUT2D eigenvalue weighted by Crippen LogP contribution is 2.26. The predicted octanol–water partition coefficient (Wildman–Crippen LogP) is 2.29. The van der Waals surface area contributed by atoms with E-state index in [2.05, 4.69) is 37.4 Å². The summed E-state index contributed by atoms with van der Waals surface area (Å²) >= 11 is 0. The second-order valence-corrected chi connectivity index (χ2v) is 4.21. The van der Waals surface area contributed by atoms with Crippen molar-refractivity contribution in [3.05, 3.63) is 17.5 Å². The second kappa shape index (κ2) is 5.31. The molecular formula is C12H23N3. The molecule has 15 heavy (non-hydrogen) atoms. The van der Waals surface area contributed by atoms with Crippen LogP contribution in [0.1, 0.15) is 44.5 Å². The molecular weight excluding hydrogens is 186 g/mol. The van der Waals surface area contributed by atoms with Gasteiger partial charge in [-0.15, -0.1) is 0 Å². The Labute approximate surface area is 92.9 Å². The van der Waals surface area contributed by atoms with Crippen LogP contribution >= 0.6 is 0 Å². The van der Waals surface area contributed by atoms with Crippen LogP contribution in [0.5, 0.6) is 0 Å². The summed E-state index contributed by atoms with van der Waals surface area (Å²) in [4.78, 5) is 0. The van der Waals surface area contributed by atoms with Gasteiger partial charge in [-0.25, -0.2) is 0 Å². The number of aryl methyl sites for hydroxylation is 2. The summed E-state index contributed by atoms with van der Waals surface area (Å²) in [7, 11) is 4.02. The first-order valence-electron chi connectivity index (χ1n) is 5.83. The van der Waals surface area contributed by atoms with Crippen molar-refractivity contribution in [3.8, 4) is 0 Å². The fraction of sp³-hybridized carbons (Fsp3) is 0.750. The van der Waals surface area contributed by atoms with Crippen LogP contribution < -0.4 is 5.32 Å². The van der Waals surface area contributed by atoms with Gasteiger partial charge in [-0.05, 0) is 19.4 Å². The fourth-order valence-electron chi connectivity index (χ4n) is 2.07. The number of hydrogen-bond donors (Lipinski definition) is 1. The number of nitrogens with one attached hydrogen (secondary N) is 1. The van der Waals surface area contributed by atoms with E-state index >= 15 is 0 Å². The third-order valence-electron chi connectivity index (χ3n) is 3.13. The molecule has 0 aromatic carbocycles. The van der Waals surface area contributed by atoms with E-state index in [4.69, 9.17) is 0 Å². The van der Waals surface area contributed by atoms with Crippen LogP contribution in [-0.2, 0) is 13.5 Å². The summed E-state index contributed by atoms with van der Waals surface area (Å²) in [6, 6.07) is 0.429. The Kier molecular flexibility index (Phi) is 4.33. The predicted molar refractivity (Wildman–Crippen MR) is 63.8 cm³/mol. The molecule has 0 radical (unpaired) electrons. The van der Waals surface area contributed by atoms with Crippen LogP contribution in [0.3, 0.4) is 0 Å². The molecule has 0 saturated carbocycles. The summed E-state index contributed by atoms with van der Waals surface area (Å²) < 4.78 is 1.92. The molecule has 0 aliphatic heterocycles. The van der Waals surface area contributed by atoms with Crippen molar-refractivity contribution in [3.63, 3.8) is 0 Å². The van der Waals surface area contributed by atoms with E-state index in [-0.39, 0.29) is 0 Å². The van der Waals surface area contributed by atoms with E-state index in [0.717, 1.165) is 6.42 Å². The number of hydrogen-bond acceptors (Lipinski definition) is 2. The number of aromatic nitrogens is 2. The van der Waals surface area contributed by atoms with Gasteiger partial charge in [-0.3, -0.25) is 4.68 Å². The van der Waals surface area contributed by atoms with Gasteiger partial charge < -0.3 is 5.32 Å². The average molecular weight is 209 g/mol. The summed E-state index contributed by atoms with van der Waals surface area (Å²) in [5, 5.41) is 7.90. The molecule has 86 valence electrons. The third kappa shape index (κ3) is 2.59. The largest absolute Gasteiger partial charge is 0.313 e. The molecule has 0 spiro atoms. The molecule has 0 amide bonds. The van der Waals surface area contributed by atoms with Gasteiger partial charge in [0, 0.05) is 24.8 Å². The van der Waals surface area contributed by atoms with Gasteiger partial charge in [0.2, 0.25) is 0 Å². The second-order valence-electron chi connectivity index (χ2n) is 4.21. The van der Waals surface area contributed by atoms with Crippen LogP contribution in [0, 0.1) is 5.92 Å². The normalized spacial score (nSPS) is 15.3. The smallest absolute Gasteiger partial charge is 0.0669 e. The summed E-state index contributed by atoms with van der Waals surface area (Å²) in [5.74, 6) is 0.643. The topological polar surface area (TPSA) is 29.9 Å². The number of nitrogens with zero attached hydrogens (tertiary/aromatic N) is 2. The molecule has 0 aliphatic rings. The van der Waals surface area contributed by atoms with Crippen molar-refractivity contribution >= 4 is 0 Å². The van der Waals surface area contributed by atoms with Crippen LogP contribution in [-0.4, -0.2) is 16.8 Å². The molecule has 2 atom stereocenters. The summed E-state index contributed by atoms with van der Waals surface area (Å²) in [5.41, 5.74) is 2.58. The van der Waals surface area contributed by atoms with Crippen molar-refractivity contribution in [1.29, 1.82) is 0 Å². The van der Waals surface area contributed by atoms with E-state index in [1.165, 1.54) is 17.7 Å². The lowest BCUT2D eigenvalue weighted by atomic mass is 9.92. The van der Waals surface area contributed by atoms with Gasteiger partial charge in [-0.2, -0.15) is 5.10 Å². The Hall–Kier alpha value is -0.830. The molecule has 0 fully saturated rings. The molecule has 3 heteroatoms. The maximum absolute atomic E-state index is 4.49. The third-order valence-corrected chi connectivity index (χ3v) is 3.13. The average Bonchev–Trinajstić information content (AvgIpc) is 2.60. The molecule has 1 aromatic rings.